The first-order valence-corrected chi connectivity index (χ1v) is 7.72. The van der Waals surface area contributed by atoms with Crippen molar-refractivity contribution in [3.8, 4) is 0 Å². The van der Waals surface area contributed by atoms with Gasteiger partial charge in [-0.2, -0.15) is 0 Å². The molecule has 1 saturated heterocycles. The van der Waals surface area contributed by atoms with Crippen LogP contribution < -0.4 is 5.32 Å². The number of hydrogen-bond acceptors (Lipinski definition) is 2. The van der Waals surface area contributed by atoms with Crippen molar-refractivity contribution >= 4 is 21.8 Å². The molecule has 0 aromatic carbocycles. The topological polar surface area (TPSA) is 38.3 Å². The number of alkyl halides is 1. The van der Waals surface area contributed by atoms with Gasteiger partial charge in [0.2, 0.25) is 5.91 Å². The summed E-state index contributed by atoms with van der Waals surface area (Å²) in [5, 5.41) is 4.05. The van der Waals surface area contributed by atoms with Gasteiger partial charge in [-0.15, -0.1) is 0 Å². The highest BCUT2D eigenvalue weighted by Gasteiger charge is 2.19. The van der Waals surface area contributed by atoms with Crippen LogP contribution in [0, 0.1) is 5.92 Å². The zero-order chi connectivity index (χ0) is 12.7. The van der Waals surface area contributed by atoms with Crippen molar-refractivity contribution in [2.45, 2.75) is 58.1 Å². The van der Waals surface area contributed by atoms with Crippen LogP contribution in [0.3, 0.4) is 0 Å². The average molecular weight is 306 g/mol. The summed E-state index contributed by atoms with van der Waals surface area (Å²) in [6.45, 7) is 5.16. The fourth-order valence-electron chi connectivity index (χ4n) is 2.13. The first-order valence-electron chi connectivity index (χ1n) is 6.60. The number of carbonyl (C=O) groups excluding carboxylic acids is 1. The molecule has 100 valence electrons. The van der Waals surface area contributed by atoms with Gasteiger partial charge in [-0.05, 0) is 31.6 Å². The van der Waals surface area contributed by atoms with Crippen molar-refractivity contribution in [2.24, 2.45) is 5.92 Å². The fourth-order valence-corrected chi connectivity index (χ4v) is 2.63. The van der Waals surface area contributed by atoms with E-state index in [-0.39, 0.29) is 11.9 Å². The zero-order valence-electron chi connectivity index (χ0n) is 10.9. The second kappa shape index (κ2) is 8.09. The van der Waals surface area contributed by atoms with E-state index in [0.717, 1.165) is 37.6 Å². The van der Waals surface area contributed by atoms with E-state index < -0.39 is 0 Å². The van der Waals surface area contributed by atoms with E-state index in [1.54, 1.807) is 0 Å². The van der Waals surface area contributed by atoms with Crippen LogP contribution in [0.2, 0.25) is 0 Å². The van der Waals surface area contributed by atoms with Gasteiger partial charge in [0.1, 0.15) is 0 Å². The highest BCUT2D eigenvalue weighted by atomic mass is 79.9. The average Bonchev–Trinajstić information content (AvgIpc) is 2.78. The van der Waals surface area contributed by atoms with E-state index in [1.807, 2.05) is 0 Å². The third kappa shape index (κ3) is 5.87. The number of carbonyl (C=O) groups is 1. The molecule has 4 heteroatoms. The predicted octanol–water partition coefficient (Wildman–Crippen LogP) is 2.87. The summed E-state index contributed by atoms with van der Waals surface area (Å²) in [5.74, 6) is 0.652. The van der Waals surface area contributed by atoms with Crippen LogP contribution in [-0.2, 0) is 9.53 Å². The summed E-state index contributed by atoms with van der Waals surface area (Å²) in [5.41, 5.74) is 0. The molecular weight excluding hydrogens is 282 g/mol. The Hall–Kier alpha value is -0.0900. The Bertz CT molecular complexity index is 227. The highest BCUT2D eigenvalue weighted by Crippen LogP contribution is 2.17. The zero-order valence-corrected chi connectivity index (χ0v) is 12.5. The number of amides is 1. The van der Waals surface area contributed by atoms with E-state index in [1.165, 1.54) is 0 Å². The minimum atomic E-state index is 0.167. The summed E-state index contributed by atoms with van der Waals surface area (Å²) >= 11 is 3.43. The molecular formula is C13H24BrNO2. The van der Waals surface area contributed by atoms with Crippen LogP contribution in [0.4, 0.5) is 0 Å². The summed E-state index contributed by atoms with van der Waals surface area (Å²) in [7, 11) is 0. The molecule has 0 spiro atoms. The van der Waals surface area contributed by atoms with Gasteiger partial charge in [-0.1, -0.05) is 29.8 Å². The van der Waals surface area contributed by atoms with E-state index in [9.17, 15) is 4.79 Å². The fraction of sp³-hybridized carbons (Fsp3) is 0.923. The van der Waals surface area contributed by atoms with Gasteiger partial charge >= 0.3 is 0 Å². The van der Waals surface area contributed by atoms with E-state index in [2.05, 4.69) is 35.1 Å². The summed E-state index contributed by atoms with van der Waals surface area (Å²) < 4.78 is 5.52. The quantitative estimate of drug-likeness (QED) is 0.735. The molecule has 1 N–H and O–H groups in total. The minimum absolute atomic E-state index is 0.167. The van der Waals surface area contributed by atoms with Crippen LogP contribution in [0.25, 0.3) is 0 Å². The van der Waals surface area contributed by atoms with Crippen LogP contribution in [0.15, 0.2) is 0 Å². The van der Waals surface area contributed by atoms with Gasteiger partial charge in [-0.25, -0.2) is 0 Å². The molecule has 0 bridgehead atoms. The Labute approximate surface area is 113 Å². The molecule has 0 radical (unpaired) electrons. The lowest BCUT2D eigenvalue weighted by molar-refractivity contribution is -0.122. The van der Waals surface area contributed by atoms with Gasteiger partial charge in [0.05, 0.1) is 6.10 Å². The van der Waals surface area contributed by atoms with Gasteiger partial charge in [-0.3, -0.25) is 4.79 Å². The first kappa shape index (κ1) is 15.0. The lowest BCUT2D eigenvalue weighted by atomic mass is 10.0. The maximum Gasteiger partial charge on any atom is 0.220 e. The lowest BCUT2D eigenvalue weighted by Crippen LogP contribution is -2.39. The third-order valence-corrected chi connectivity index (χ3v) is 3.75. The molecule has 1 fully saturated rings. The third-order valence-electron chi connectivity index (χ3n) is 3.29. The van der Waals surface area contributed by atoms with Crippen LogP contribution >= 0.6 is 15.9 Å². The number of halogens is 1. The second-order valence-corrected chi connectivity index (χ2v) is 5.86. The summed E-state index contributed by atoms with van der Waals surface area (Å²) in [6, 6.07) is 0.284. The molecule has 2 atom stereocenters. The molecule has 0 aromatic heterocycles. The standard InChI is InChI=1S/C13H24BrNO2/c1-10(2)12(7-8-14)15-13(16)6-5-11-4-3-9-17-11/h10-12H,3-9H2,1-2H3,(H,15,16). The monoisotopic (exact) mass is 305 g/mol. The van der Waals surface area contributed by atoms with E-state index in [0.29, 0.717) is 18.4 Å². The first-order chi connectivity index (χ1) is 8.13. The predicted molar refractivity (Wildman–Crippen MR) is 73.4 cm³/mol. The van der Waals surface area contributed by atoms with E-state index in [4.69, 9.17) is 4.74 Å². The minimum Gasteiger partial charge on any atom is -0.378 e. The summed E-state index contributed by atoms with van der Waals surface area (Å²) in [6.07, 6.45) is 5.02. The molecule has 1 aliphatic rings. The molecule has 1 aliphatic heterocycles. The van der Waals surface area contributed by atoms with Crippen LogP contribution in [0.5, 0.6) is 0 Å². The molecule has 1 heterocycles. The van der Waals surface area contributed by atoms with Crippen molar-refractivity contribution in [1.82, 2.24) is 5.32 Å². The van der Waals surface area contributed by atoms with E-state index >= 15 is 0 Å². The maximum atomic E-state index is 11.8. The molecule has 0 saturated carbocycles. The van der Waals surface area contributed by atoms with Crippen molar-refractivity contribution < 1.29 is 9.53 Å². The molecule has 2 unspecified atom stereocenters. The largest absolute Gasteiger partial charge is 0.378 e. The Morgan fingerprint density at radius 3 is 2.82 bits per heavy atom. The molecule has 1 amide bonds. The van der Waals surface area contributed by atoms with Crippen molar-refractivity contribution in [1.29, 1.82) is 0 Å². The lowest BCUT2D eigenvalue weighted by Gasteiger charge is -2.21. The highest BCUT2D eigenvalue weighted by molar-refractivity contribution is 9.09. The molecule has 17 heavy (non-hydrogen) atoms. The molecule has 0 aromatic rings. The Morgan fingerprint density at radius 1 is 1.53 bits per heavy atom. The van der Waals surface area contributed by atoms with Gasteiger partial charge in [0, 0.05) is 24.4 Å². The number of nitrogens with one attached hydrogen (secondary N) is 1. The Kier molecular flexibility index (Phi) is 7.12. The van der Waals surface area contributed by atoms with Gasteiger partial charge in [0.15, 0.2) is 0 Å². The van der Waals surface area contributed by atoms with Crippen molar-refractivity contribution in [3.05, 3.63) is 0 Å². The summed E-state index contributed by atoms with van der Waals surface area (Å²) in [4.78, 5) is 11.8. The molecule has 1 rings (SSSR count). The number of hydrogen-bond donors (Lipinski definition) is 1. The van der Waals surface area contributed by atoms with Gasteiger partial charge < -0.3 is 10.1 Å². The SMILES string of the molecule is CC(C)C(CCBr)NC(=O)CCC1CCCO1. The molecule has 3 nitrogen and oxygen atoms in total. The smallest absolute Gasteiger partial charge is 0.220 e. The number of ether oxygens (including phenoxy) is 1. The Balaban J connectivity index is 2.21. The second-order valence-electron chi connectivity index (χ2n) is 5.07. The number of rotatable bonds is 7. The molecule has 0 aliphatic carbocycles. The van der Waals surface area contributed by atoms with Crippen LogP contribution in [-0.4, -0.2) is 30.0 Å². The maximum absolute atomic E-state index is 11.8. The Morgan fingerprint density at radius 2 is 2.29 bits per heavy atom. The van der Waals surface area contributed by atoms with Crippen molar-refractivity contribution in [3.63, 3.8) is 0 Å². The normalized spacial score (nSPS) is 21.8. The van der Waals surface area contributed by atoms with Crippen molar-refractivity contribution in [2.75, 3.05) is 11.9 Å². The van der Waals surface area contributed by atoms with Gasteiger partial charge in [0.25, 0.3) is 0 Å². The van der Waals surface area contributed by atoms with Crippen LogP contribution in [0.1, 0.15) is 46.0 Å².